The molecule has 0 spiro atoms. The molecule has 0 saturated carbocycles. The summed E-state index contributed by atoms with van der Waals surface area (Å²) < 4.78 is 12.6. The Balaban J connectivity index is 1.77. The van der Waals surface area contributed by atoms with E-state index >= 15 is 0 Å². The van der Waals surface area contributed by atoms with Gasteiger partial charge in [0, 0.05) is 56.5 Å². The fourth-order valence-electron chi connectivity index (χ4n) is 4.68. The number of rotatable bonds is 10. The first-order valence-corrected chi connectivity index (χ1v) is 12.4. The van der Waals surface area contributed by atoms with Gasteiger partial charge in [-0.05, 0) is 38.7 Å². The van der Waals surface area contributed by atoms with Gasteiger partial charge in [0.05, 0.1) is 14.2 Å². The molecule has 0 saturated heterocycles. The van der Waals surface area contributed by atoms with E-state index in [0.29, 0.717) is 36.7 Å². The number of nitrogens with one attached hydrogen (secondary N) is 1. The van der Waals surface area contributed by atoms with Gasteiger partial charge in [-0.2, -0.15) is 0 Å². The number of pyridine rings is 1. The fourth-order valence-corrected chi connectivity index (χ4v) is 4.68. The van der Waals surface area contributed by atoms with E-state index in [9.17, 15) is 9.59 Å². The smallest absolute Gasteiger partial charge is 0.257 e. The van der Waals surface area contributed by atoms with Crippen molar-refractivity contribution < 1.29 is 14.3 Å². The second-order valence-corrected chi connectivity index (χ2v) is 9.53. The van der Waals surface area contributed by atoms with Crippen LogP contribution in [0.1, 0.15) is 55.2 Å². The molecule has 1 aromatic heterocycles. The molecule has 0 bridgehead atoms. The van der Waals surface area contributed by atoms with E-state index in [4.69, 9.17) is 9.47 Å². The molecule has 1 aromatic carbocycles. The first-order valence-electron chi connectivity index (χ1n) is 12.4. The molecule has 35 heavy (non-hydrogen) atoms. The van der Waals surface area contributed by atoms with E-state index < -0.39 is 0 Å². The van der Waals surface area contributed by atoms with Crippen LogP contribution < -0.4 is 20.3 Å². The largest absolute Gasteiger partial charge is 0.496 e. The van der Waals surface area contributed by atoms with Crippen LogP contribution in [0.15, 0.2) is 46.8 Å². The van der Waals surface area contributed by atoms with E-state index in [1.807, 2.05) is 24.3 Å². The Kier molecular flexibility index (Phi) is 9.55. The molecule has 1 aliphatic heterocycles. The maximum Gasteiger partial charge on any atom is 0.257 e. The SMILES string of the molecule is COc1ccccc1CNC(=O)c1c(OC)cc(=O)n2c1CCN(C[C@@H](C)CCC=C(C)C)CC2. The Bertz CT molecular complexity index is 1100. The van der Waals surface area contributed by atoms with E-state index in [1.165, 1.54) is 18.7 Å². The number of allylic oxidation sites excluding steroid dienone is 2. The lowest BCUT2D eigenvalue weighted by molar-refractivity contribution is 0.0945. The Morgan fingerprint density at radius 2 is 1.86 bits per heavy atom. The number of fused-ring (bicyclic) bond motifs is 1. The van der Waals surface area contributed by atoms with Crippen LogP contribution in [0, 0.1) is 5.92 Å². The van der Waals surface area contributed by atoms with Gasteiger partial charge in [0.15, 0.2) is 0 Å². The number of methoxy groups -OCH3 is 2. The highest BCUT2D eigenvalue weighted by Gasteiger charge is 2.25. The van der Waals surface area contributed by atoms with Crippen molar-refractivity contribution in [1.82, 2.24) is 14.8 Å². The lowest BCUT2D eigenvalue weighted by Gasteiger charge is -2.23. The molecule has 7 heteroatoms. The molecule has 190 valence electrons. The Morgan fingerprint density at radius 3 is 2.57 bits per heavy atom. The fraction of sp³-hybridized carbons (Fsp3) is 0.500. The minimum atomic E-state index is -0.250. The van der Waals surface area contributed by atoms with Crippen molar-refractivity contribution in [3.8, 4) is 11.5 Å². The Morgan fingerprint density at radius 1 is 1.11 bits per heavy atom. The number of hydrogen-bond donors (Lipinski definition) is 1. The number of hydrogen-bond acceptors (Lipinski definition) is 5. The molecular formula is C28H39N3O4. The summed E-state index contributed by atoms with van der Waals surface area (Å²) in [5, 5.41) is 3.00. The van der Waals surface area contributed by atoms with Crippen LogP contribution in [-0.4, -0.2) is 49.2 Å². The summed E-state index contributed by atoms with van der Waals surface area (Å²) in [5.41, 5.74) is 3.30. The van der Waals surface area contributed by atoms with Gasteiger partial charge in [-0.15, -0.1) is 0 Å². The van der Waals surface area contributed by atoms with Crippen LogP contribution >= 0.6 is 0 Å². The molecule has 1 atom stereocenters. The van der Waals surface area contributed by atoms with Crippen molar-refractivity contribution in [2.24, 2.45) is 5.92 Å². The van der Waals surface area contributed by atoms with E-state index in [-0.39, 0.29) is 11.5 Å². The number of carbonyl (C=O) groups excluding carboxylic acids is 1. The highest BCUT2D eigenvalue weighted by atomic mass is 16.5. The molecule has 2 aromatic rings. The zero-order chi connectivity index (χ0) is 25.4. The first-order chi connectivity index (χ1) is 16.8. The molecule has 1 amide bonds. The predicted octanol–water partition coefficient (Wildman–Crippen LogP) is 4.04. The summed E-state index contributed by atoms with van der Waals surface area (Å²) >= 11 is 0. The van der Waals surface area contributed by atoms with Crippen molar-refractivity contribution in [2.75, 3.05) is 33.9 Å². The van der Waals surface area contributed by atoms with Crippen molar-refractivity contribution in [2.45, 2.75) is 53.1 Å². The summed E-state index contributed by atoms with van der Waals surface area (Å²) in [7, 11) is 3.11. The van der Waals surface area contributed by atoms with Gasteiger partial charge in [0.1, 0.15) is 17.1 Å². The molecule has 0 aliphatic carbocycles. The van der Waals surface area contributed by atoms with Crippen LogP contribution in [-0.2, 0) is 19.5 Å². The van der Waals surface area contributed by atoms with Crippen molar-refractivity contribution >= 4 is 5.91 Å². The Labute approximate surface area is 208 Å². The average molecular weight is 482 g/mol. The van der Waals surface area contributed by atoms with Crippen molar-refractivity contribution in [3.63, 3.8) is 0 Å². The second-order valence-electron chi connectivity index (χ2n) is 9.53. The highest BCUT2D eigenvalue weighted by Crippen LogP contribution is 2.24. The molecule has 1 N–H and O–H groups in total. The maximum absolute atomic E-state index is 13.4. The van der Waals surface area contributed by atoms with Crippen LogP contribution in [0.3, 0.4) is 0 Å². The first kappa shape index (κ1) is 26.5. The molecule has 0 radical (unpaired) electrons. The van der Waals surface area contributed by atoms with Gasteiger partial charge >= 0.3 is 0 Å². The molecule has 2 heterocycles. The topological polar surface area (TPSA) is 72.8 Å². The summed E-state index contributed by atoms with van der Waals surface area (Å²) in [6.07, 6.45) is 5.13. The van der Waals surface area contributed by atoms with E-state index in [2.05, 4.69) is 37.1 Å². The third-order valence-electron chi connectivity index (χ3n) is 6.55. The van der Waals surface area contributed by atoms with Crippen LogP contribution in [0.2, 0.25) is 0 Å². The number of ether oxygens (including phenoxy) is 2. The predicted molar refractivity (Wildman–Crippen MR) is 139 cm³/mol. The normalized spacial score (nSPS) is 14.4. The quantitative estimate of drug-likeness (QED) is 0.519. The van der Waals surface area contributed by atoms with Crippen LogP contribution in [0.4, 0.5) is 0 Å². The summed E-state index contributed by atoms with van der Waals surface area (Å²) in [4.78, 5) is 28.6. The summed E-state index contributed by atoms with van der Waals surface area (Å²) in [6, 6.07) is 9.02. The Hall–Kier alpha value is -3.06. The third-order valence-corrected chi connectivity index (χ3v) is 6.55. The number of nitrogens with zero attached hydrogens (tertiary/aromatic N) is 2. The minimum Gasteiger partial charge on any atom is -0.496 e. The van der Waals surface area contributed by atoms with Gasteiger partial charge in [0.2, 0.25) is 0 Å². The van der Waals surface area contributed by atoms with Gasteiger partial charge in [-0.25, -0.2) is 0 Å². The van der Waals surface area contributed by atoms with Gasteiger partial charge in [-0.1, -0.05) is 36.8 Å². The van der Waals surface area contributed by atoms with Crippen molar-refractivity contribution in [3.05, 3.63) is 69.2 Å². The zero-order valence-corrected chi connectivity index (χ0v) is 21.7. The number of amides is 1. The second kappa shape index (κ2) is 12.6. The van der Waals surface area contributed by atoms with Gasteiger partial charge < -0.3 is 24.3 Å². The van der Waals surface area contributed by atoms with Crippen LogP contribution in [0.25, 0.3) is 0 Å². The number of aromatic nitrogens is 1. The summed E-state index contributed by atoms with van der Waals surface area (Å²) in [5.74, 6) is 1.35. The standard InChI is InChI=1S/C28H39N3O4/c1-20(2)9-8-10-21(3)19-30-14-13-23-27(25(35-5)17-26(32)31(23)16-15-30)28(33)29-18-22-11-6-7-12-24(22)34-4/h6-7,9,11-12,17,21H,8,10,13-16,18-19H2,1-5H3,(H,29,33)/t21-/m0/s1. The lowest BCUT2D eigenvalue weighted by Crippen LogP contribution is -2.32. The van der Waals surface area contributed by atoms with Crippen molar-refractivity contribution in [1.29, 1.82) is 0 Å². The van der Waals surface area contributed by atoms with Gasteiger partial charge in [0.25, 0.3) is 11.5 Å². The van der Waals surface area contributed by atoms with Crippen LogP contribution in [0.5, 0.6) is 11.5 Å². The number of carbonyl (C=O) groups is 1. The zero-order valence-electron chi connectivity index (χ0n) is 21.7. The maximum atomic E-state index is 13.4. The number of benzene rings is 1. The van der Waals surface area contributed by atoms with E-state index in [0.717, 1.165) is 49.5 Å². The molecule has 3 rings (SSSR count). The van der Waals surface area contributed by atoms with Gasteiger partial charge in [-0.3, -0.25) is 9.59 Å². The van der Waals surface area contributed by atoms with E-state index in [1.54, 1.807) is 11.7 Å². The highest BCUT2D eigenvalue weighted by molar-refractivity contribution is 5.98. The number of para-hydroxylation sites is 1. The molecular weight excluding hydrogens is 442 g/mol. The molecule has 7 nitrogen and oxygen atoms in total. The monoisotopic (exact) mass is 481 g/mol. The molecule has 1 aliphatic rings. The average Bonchev–Trinajstić information content (AvgIpc) is 3.05. The minimum absolute atomic E-state index is 0.128. The third kappa shape index (κ3) is 6.98. The molecule has 0 fully saturated rings. The summed E-state index contributed by atoms with van der Waals surface area (Å²) in [6.45, 7) is 9.99. The molecule has 0 unspecified atom stereocenters. The lowest BCUT2D eigenvalue weighted by atomic mass is 10.0.